The Morgan fingerprint density at radius 2 is 2.00 bits per heavy atom. The summed E-state index contributed by atoms with van der Waals surface area (Å²) in [4.78, 5) is 26.9. The second kappa shape index (κ2) is 6.94. The monoisotopic (exact) mass is 348 g/mol. The lowest BCUT2D eigenvalue weighted by Gasteiger charge is -2.19. The van der Waals surface area contributed by atoms with Crippen LogP contribution in [0, 0.1) is 11.8 Å². The molecule has 26 heavy (non-hydrogen) atoms. The summed E-state index contributed by atoms with van der Waals surface area (Å²) in [7, 11) is 0. The molecule has 0 bridgehead atoms. The lowest BCUT2D eigenvalue weighted by Crippen LogP contribution is -2.33. The smallest absolute Gasteiger partial charge is 0.254 e. The number of hydrogen-bond acceptors (Lipinski definition) is 2. The van der Waals surface area contributed by atoms with Crippen molar-refractivity contribution in [3.63, 3.8) is 0 Å². The van der Waals surface area contributed by atoms with Crippen molar-refractivity contribution in [1.82, 2.24) is 10.2 Å². The number of nitrogens with one attached hydrogen (secondary N) is 1. The van der Waals surface area contributed by atoms with Gasteiger partial charge < -0.3 is 10.2 Å². The van der Waals surface area contributed by atoms with Gasteiger partial charge in [0.05, 0.1) is 5.92 Å². The lowest BCUT2D eigenvalue weighted by molar-refractivity contribution is -0.122. The first-order valence-electron chi connectivity index (χ1n) is 9.44. The van der Waals surface area contributed by atoms with Gasteiger partial charge in [-0.1, -0.05) is 55.8 Å². The molecule has 2 aliphatic heterocycles. The predicted molar refractivity (Wildman–Crippen MR) is 104 cm³/mol. The van der Waals surface area contributed by atoms with Gasteiger partial charge in [-0.15, -0.1) is 0 Å². The zero-order valence-corrected chi connectivity index (χ0v) is 15.1. The van der Waals surface area contributed by atoms with Crippen LogP contribution in [0.15, 0.2) is 42.5 Å². The molecule has 0 saturated carbocycles. The average Bonchev–Trinajstić information content (AvgIpc) is 3.24. The summed E-state index contributed by atoms with van der Waals surface area (Å²) in [6.45, 7) is 4.04. The van der Waals surface area contributed by atoms with Crippen LogP contribution in [-0.4, -0.2) is 36.3 Å². The number of hydrogen-bond donors (Lipinski definition) is 1. The molecule has 0 spiro atoms. The minimum absolute atomic E-state index is 0.0347. The highest BCUT2D eigenvalue weighted by Crippen LogP contribution is 2.31. The fourth-order valence-electron chi connectivity index (χ4n) is 4.11. The van der Waals surface area contributed by atoms with Gasteiger partial charge in [-0.3, -0.25) is 9.59 Å². The Balaban J connectivity index is 1.66. The predicted octanol–water partition coefficient (Wildman–Crippen LogP) is 3.47. The van der Waals surface area contributed by atoms with Crippen molar-refractivity contribution in [1.29, 1.82) is 0 Å². The van der Waals surface area contributed by atoms with E-state index in [4.69, 9.17) is 0 Å². The maximum absolute atomic E-state index is 13.1. The Morgan fingerprint density at radius 3 is 2.77 bits per heavy atom. The number of nitrogens with zero attached hydrogens (tertiary/aromatic N) is 1. The summed E-state index contributed by atoms with van der Waals surface area (Å²) in [5, 5.41) is 4.98. The van der Waals surface area contributed by atoms with Crippen molar-refractivity contribution < 1.29 is 9.59 Å². The maximum Gasteiger partial charge on any atom is 0.254 e. The van der Waals surface area contributed by atoms with Gasteiger partial charge in [0.2, 0.25) is 5.91 Å². The summed E-state index contributed by atoms with van der Waals surface area (Å²) in [5.74, 6) is 0.342. The molecule has 2 fully saturated rings. The highest BCUT2D eigenvalue weighted by atomic mass is 16.2. The Bertz CT molecular complexity index is 887. The third-order valence-corrected chi connectivity index (χ3v) is 5.54. The molecule has 2 atom stereocenters. The van der Waals surface area contributed by atoms with E-state index in [2.05, 4.69) is 30.5 Å². The van der Waals surface area contributed by atoms with Crippen LogP contribution in [0.2, 0.25) is 0 Å². The van der Waals surface area contributed by atoms with Gasteiger partial charge in [0.15, 0.2) is 0 Å². The number of rotatable bonds is 4. The van der Waals surface area contributed by atoms with E-state index in [9.17, 15) is 9.59 Å². The van der Waals surface area contributed by atoms with Crippen molar-refractivity contribution in [3.05, 3.63) is 53.6 Å². The highest BCUT2D eigenvalue weighted by Gasteiger charge is 2.43. The van der Waals surface area contributed by atoms with Gasteiger partial charge >= 0.3 is 0 Å². The third kappa shape index (κ3) is 2.90. The summed E-state index contributed by atoms with van der Waals surface area (Å²) < 4.78 is 0. The highest BCUT2D eigenvalue weighted by molar-refractivity contribution is 6.09. The van der Waals surface area contributed by atoms with Crippen LogP contribution in [0.25, 0.3) is 16.8 Å². The number of unbranched alkanes of at least 4 members (excludes halogenated alkanes) is 1. The van der Waals surface area contributed by atoms with Crippen LogP contribution in [-0.2, 0) is 4.79 Å². The van der Waals surface area contributed by atoms with Crippen LogP contribution in [0.4, 0.5) is 0 Å². The average molecular weight is 348 g/mol. The molecular weight excluding hydrogens is 324 g/mol. The number of fused-ring (bicyclic) bond motifs is 2. The van der Waals surface area contributed by atoms with Crippen molar-refractivity contribution in [2.24, 2.45) is 11.8 Å². The van der Waals surface area contributed by atoms with Crippen molar-refractivity contribution in [2.45, 2.75) is 19.8 Å². The Labute approximate surface area is 153 Å². The molecule has 0 aliphatic carbocycles. The Kier molecular flexibility index (Phi) is 4.49. The number of benzene rings is 2. The van der Waals surface area contributed by atoms with Crippen molar-refractivity contribution in [2.75, 3.05) is 19.6 Å². The first-order chi connectivity index (χ1) is 12.7. The normalized spacial score (nSPS) is 22.2. The van der Waals surface area contributed by atoms with E-state index in [-0.39, 0.29) is 23.7 Å². The van der Waals surface area contributed by atoms with Gasteiger partial charge in [0.25, 0.3) is 5.91 Å². The molecule has 0 unspecified atom stereocenters. The molecule has 4 nitrogen and oxygen atoms in total. The molecule has 0 radical (unpaired) electrons. The molecule has 2 heterocycles. The van der Waals surface area contributed by atoms with E-state index in [1.54, 1.807) is 0 Å². The molecule has 2 aliphatic rings. The van der Waals surface area contributed by atoms with Crippen LogP contribution >= 0.6 is 0 Å². The van der Waals surface area contributed by atoms with Crippen LogP contribution in [0.3, 0.4) is 0 Å². The number of allylic oxidation sites excluding steroid dienone is 1. The Morgan fingerprint density at radius 1 is 1.19 bits per heavy atom. The molecule has 2 saturated heterocycles. The summed E-state index contributed by atoms with van der Waals surface area (Å²) in [5.41, 5.74) is 1.87. The van der Waals surface area contributed by atoms with Crippen LogP contribution in [0.1, 0.15) is 35.7 Å². The number of carbonyl (C=O) groups is 2. The van der Waals surface area contributed by atoms with Gasteiger partial charge in [-0.2, -0.15) is 0 Å². The molecule has 2 amide bonds. The van der Waals surface area contributed by atoms with Crippen molar-refractivity contribution in [3.8, 4) is 0 Å². The molecule has 1 N–H and O–H groups in total. The molecule has 0 aromatic heterocycles. The van der Waals surface area contributed by atoms with Crippen LogP contribution in [0.5, 0.6) is 0 Å². The molecule has 2 aromatic carbocycles. The molecule has 4 rings (SSSR count). The fourth-order valence-corrected chi connectivity index (χ4v) is 4.11. The van der Waals surface area contributed by atoms with E-state index >= 15 is 0 Å². The molecule has 4 heteroatoms. The quantitative estimate of drug-likeness (QED) is 0.920. The van der Waals surface area contributed by atoms with E-state index in [0.29, 0.717) is 19.6 Å². The topological polar surface area (TPSA) is 49.4 Å². The zero-order chi connectivity index (χ0) is 18.1. The van der Waals surface area contributed by atoms with Crippen LogP contribution < -0.4 is 5.32 Å². The van der Waals surface area contributed by atoms with E-state index in [0.717, 1.165) is 34.7 Å². The minimum Gasteiger partial charge on any atom is -0.355 e. The van der Waals surface area contributed by atoms with Gasteiger partial charge in [-0.05, 0) is 28.8 Å². The SMILES string of the molecule is CCC/C=C/c1ccc(C(=O)N2C[C@@H]3CNC(=O)[C@@H]3C2)c2ccccc12. The molecular formula is C22H24N2O2. The summed E-state index contributed by atoms with van der Waals surface area (Å²) >= 11 is 0. The van der Waals surface area contributed by atoms with Gasteiger partial charge in [0.1, 0.15) is 0 Å². The second-order valence-electron chi connectivity index (χ2n) is 7.26. The largest absolute Gasteiger partial charge is 0.355 e. The fraction of sp³-hybridized carbons (Fsp3) is 0.364. The number of carbonyl (C=O) groups excluding carboxylic acids is 2. The standard InChI is InChI=1S/C22H24N2O2/c1-2-3-4-7-15-10-11-19(18-9-6-5-8-17(15)18)22(26)24-13-16-12-23-21(25)20(16)14-24/h4-11,16,20H,2-3,12-14H2,1H3,(H,23,25)/b7-4+/t16-,20+/m0/s1. The van der Waals surface area contributed by atoms with Gasteiger partial charge in [-0.25, -0.2) is 0 Å². The van der Waals surface area contributed by atoms with E-state index in [1.165, 1.54) is 0 Å². The minimum atomic E-state index is -0.0403. The number of amides is 2. The summed E-state index contributed by atoms with van der Waals surface area (Å²) in [6.07, 6.45) is 6.50. The first-order valence-corrected chi connectivity index (χ1v) is 9.44. The van der Waals surface area contributed by atoms with E-state index < -0.39 is 0 Å². The van der Waals surface area contributed by atoms with Gasteiger partial charge in [0, 0.05) is 31.1 Å². The maximum atomic E-state index is 13.1. The van der Waals surface area contributed by atoms with Crippen molar-refractivity contribution >= 4 is 28.7 Å². The third-order valence-electron chi connectivity index (χ3n) is 5.54. The Hall–Kier alpha value is -2.62. The molecule has 134 valence electrons. The first kappa shape index (κ1) is 16.8. The summed E-state index contributed by atoms with van der Waals surface area (Å²) in [6, 6.07) is 12.0. The zero-order valence-electron chi connectivity index (χ0n) is 15.1. The van der Waals surface area contributed by atoms with E-state index in [1.807, 2.05) is 35.2 Å². The lowest BCUT2D eigenvalue weighted by atomic mass is 9.98. The number of likely N-dealkylation sites (tertiary alicyclic amines) is 1. The molecule has 2 aromatic rings. The second-order valence-corrected chi connectivity index (χ2v) is 7.26.